The Kier molecular flexibility index (Phi) is 60.1. The van der Waals surface area contributed by atoms with Crippen LogP contribution in [0.15, 0.2) is 144 Å². The Hall–Kier alpha value is -5.09. The Balaban J connectivity index is 0.00000984. The number of unbranched alkanes of at least 4 members (excludes halogenated alkanes) is 2. The summed E-state index contributed by atoms with van der Waals surface area (Å²) < 4.78 is 152. The number of fused-ring (bicyclic) bond motifs is 2. The van der Waals surface area contributed by atoms with E-state index >= 15 is 0 Å². The monoisotopic (exact) mass is 1710 g/mol. The van der Waals surface area contributed by atoms with Gasteiger partial charge in [0.15, 0.2) is 12.3 Å². The molecule has 3 aromatic carbocycles. The molecule has 29 nitrogen and oxygen atoms in total. The van der Waals surface area contributed by atoms with Crippen LogP contribution in [0.5, 0.6) is 5.75 Å². The van der Waals surface area contributed by atoms with Gasteiger partial charge in [-0.1, -0.05) is 67.5 Å². The molecule has 0 bridgehead atoms. The van der Waals surface area contributed by atoms with Crippen molar-refractivity contribution in [2.24, 2.45) is 0 Å². The summed E-state index contributed by atoms with van der Waals surface area (Å²) in [6, 6.07) is 20.7. The number of carboxylic acid groups (broad SMARTS) is 1. The molecule has 3 aliphatic rings. The van der Waals surface area contributed by atoms with Crippen LogP contribution in [-0.4, -0.2) is 312 Å². The molecule has 119 heavy (non-hydrogen) atoms. The van der Waals surface area contributed by atoms with Gasteiger partial charge in [-0.05, 0) is 113 Å². The molecule has 1 aliphatic carbocycles. The van der Waals surface area contributed by atoms with Crippen molar-refractivity contribution in [3.63, 3.8) is 0 Å². The van der Waals surface area contributed by atoms with Gasteiger partial charge in [-0.25, -0.2) is 18.2 Å². The van der Waals surface area contributed by atoms with Crippen molar-refractivity contribution in [3.8, 4) is 5.75 Å². The maximum atomic E-state index is 12.5. The summed E-state index contributed by atoms with van der Waals surface area (Å²) in [5.41, 5.74) is 7.06. The van der Waals surface area contributed by atoms with E-state index in [1.807, 2.05) is 62.4 Å². The number of carboxylic acids is 1. The minimum atomic E-state index is -4.77. The quantitative estimate of drug-likeness (QED) is 0.0107. The molecule has 6 rings (SSSR count). The van der Waals surface area contributed by atoms with Gasteiger partial charge in [-0.2, -0.15) is 4.58 Å². The average Bonchev–Trinajstić information content (AvgIpc) is 1.59. The number of methoxy groups -OCH3 is 1. The van der Waals surface area contributed by atoms with Crippen LogP contribution in [0.1, 0.15) is 89.3 Å². The number of benzene rings is 3. The van der Waals surface area contributed by atoms with E-state index in [4.69, 9.17) is 105 Å². The van der Waals surface area contributed by atoms with Gasteiger partial charge in [0.2, 0.25) is 5.69 Å². The van der Waals surface area contributed by atoms with E-state index in [2.05, 4.69) is 79.8 Å². The Morgan fingerprint density at radius 3 is 1.40 bits per heavy atom. The van der Waals surface area contributed by atoms with E-state index in [9.17, 15) is 22.9 Å². The van der Waals surface area contributed by atoms with Gasteiger partial charge in [0.1, 0.15) is 34.8 Å². The minimum Gasteiger partial charge on any atom is -0.744 e. The summed E-state index contributed by atoms with van der Waals surface area (Å²) in [5.74, 6) is 0.477. The third-order valence-corrected chi connectivity index (χ3v) is 19.4. The summed E-state index contributed by atoms with van der Waals surface area (Å²) in [5, 5.41) is 9.50. The molecule has 1 atom stereocenters. The number of rotatable bonds is 75. The second-order valence-corrected chi connectivity index (χ2v) is 29.2. The second-order valence-electron chi connectivity index (χ2n) is 27.8. The number of aliphatic carboxylic acids is 1. The number of allylic oxidation sites excluding steroid dienone is 9. The number of anilines is 1. The first-order valence-corrected chi connectivity index (χ1v) is 42.8. The van der Waals surface area contributed by atoms with Crippen LogP contribution in [0.3, 0.4) is 0 Å². The van der Waals surface area contributed by atoms with Gasteiger partial charge in [0.05, 0.1) is 248 Å². The topological polar surface area (TPSA) is 304 Å². The maximum absolute atomic E-state index is 12.5. The van der Waals surface area contributed by atoms with Crippen LogP contribution in [0.4, 0.5) is 11.4 Å². The molecule has 0 spiro atoms. The fraction of sp³-hybridized carbons (Fsp3) is 0.636. The van der Waals surface area contributed by atoms with Gasteiger partial charge < -0.3 is 109 Å². The molecule has 1 unspecified atom stereocenters. The van der Waals surface area contributed by atoms with Crippen molar-refractivity contribution in [1.82, 2.24) is 0 Å². The van der Waals surface area contributed by atoms with Crippen LogP contribution < -0.4 is 39.2 Å². The third kappa shape index (κ3) is 44.4. The fourth-order valence-electron chi connectivity index (χ4n) is 12.6. The molecule has 0 saturated heterocycles. The standard InChI is InChI=1S/C86H132N2O27S.C2H4.Na/c1-7-31-95-36-38-98-42-44-101-48-50-104-54-56-107-59-60-108-57-55-105-51-49-102-45-43-99-39-37-96-33-30-88-79-25-23-76(116(91,92)93)71-77(79)85(3,4)81(88)26-21-73-15-14-16-74(84(73)115-75-17-10-8-11-18-75)22-27-82-86(5,78-70-72(2)20-24-80(78)87(82)29-13-9-12-19-83(89)90)28-32-113-114-69-68-112-67-66-111-65-64-110-63-62-109-61-58-106-53-52-103-47-46-100-41-40-97-35-34-94-6;1-2;/h8,10-11,14-15,17-18,20-27,70-71H,7,9,12-13,16,19,28-69H2,1-6H3,(H-,89,90,91,92,93);1-2H2;/q;;+1. The van der Waals surface area contributed by atoms with Crippen LogP contribution in [-0.2, 0) is 126 Å². The molecule has 0 radical (unpaired) electrons. The molecular formula is C88H136N2NaO27S+. The normalized spacial score (nSPS) is 15.7. The molecule has 0 amide bonds. The van der Waals surface area contributed by atoms with E-state index in [0.717, 1.165) is 70.9 Å². The summed E-state index contributed by atoms with van der Waals surface area (Å²) >= 11 is 0. The van der Waals surface area contributed by atoms with Gasteiger partial charge in [-0.3, -0.25) is 4.79 Å². The number of para-hydroxylation sites is 1. The first-order chi connectivity index (χ1) is 57.7. The molecular weight excluding hydrogens is 1570 g/mol. The molecule has 3 aromatic rings. The van der Waals surface area contributed by atoms with E-state index in [1.165, 1.54) is 12.1 Å². The van der Waals surface area contributed by atoms with Gasteiger partial charge in [0.25, 0.3) is 0 Å². The molecule has 0 aromatic heterocycles. The van der Waals surface area contributed by atoms with Gasteiger partial charge in [0, 0.05) is 66.8 Å². The van der Waals surface area contributed by atoms with Crippen LogP contribution >= 0.6 is 0 Å². The Morgan fingerprint density at radius 2 is 0.958 bits per heavy atom. The third-order valence-electron chi connectivity index (χ3n) is 18.6. The summed E-state index contributed by atoms with van der Waals surface area (Å²) in [7, 11) is -3.13. The minimum absolute atomic E-state index is 0. The maximum Gasteiger partial charge on any atom is 1.00 e. The number of hydrogen-bond acceptors (Lipinski definition) is 27. The second kappa shape index (κ2) is 67.3. The first-order valence-electron chi connectivity index (χ1n) is 41.4. The molecule has 31 heteroatoms. The van der Waals surface area contributed by atoms with Crippen LogP contribution in [0.25, 0.3) is 0 Å². The number of carbonyl (C=O) groups is 1. The summed E-state index contributed by atoms with van der Waals surface area (Å²) in [6.07, 6.45) is 16.8. The van der Waals surface area contributed by atoms with Crippen molar-refractivity contribution in [2.75, 3.05) is 283 Å². The molecule has 2 aliphatic heterocycles. The molecule has 0 fully saturated rings. The number of aryl methyl sites for hydroxylation is 1. The Morgan fingerprint density at radius 1 is 0.521 bits per heavy atom. The molecule has 1 N–H and O–H groups in total. The molecule has 0 saturated carbocycles. The zero-order chi connectivity index (χ0) is 84.7. The fourth-order valence-corrected chi connectivity index (χ4v) is 13.1. The zero-order valence-electron chi connectivity index (χ0n) is 72.0. The smallest absolute Gasteiger partial charge is 0.744 e. The SMILES string of the molecule is C=C.CCCOCCOCCOCCOCCOCCOCCOCCOCCOCCOCC[N+]1=C(C=CC2=C(Oc3ccccc3)C(=CC=C3N(CCCCCC(=O)O)c4ccc(C)cc4C3(C)CCOOCCOCCOCCOCCOCCOCCOCCOCCOCCOC)CC=C2)C(C)(C)c2cc(S(=O)(=O)[O-])ccc21.[Na+]. The van der Waals surface area contributed by atoms with Crippen LogP contribution in [0, 0.1) is 6.92 Å². The molecule has 2 heterocycles. The van der Waals surface area contributed by atoms with E-state index in [-0.39, 0.29) is 54.1 Å². The largest absolute Gasteiger partial charge is 1.00 e. The number of ether oxygens (including phenoxy) is 20. The van der Waals surface area contributed by atoms with Crippen molar-refractivity contribution < 1.29 is 162 Å². The van der Waals surface area contributed by atoms with Gasteiger partial charge >= 0.3 is 35.5 Å². The predicted molar refractivity (Wildman–Crippen MR) is 447 cm³/mol. The summed E-state index contributed by atoms with van der Waals surface area (Å²) in [6.45, 7) is 35.1. The van der Waals surface area contributed by atoms with E-state index in [1.54, 1.807) is 13.2 Å². The van der Waals surface area contributed by atoms with Crippen molar-refractivity contribution in [2.45, 2.75) is 95.3 Å². The Bertz CT molecular complexity index is 3470. The van der Waals surface area contributed by atoms with Crippen molar-refractivity contribution >= 4 is 33.2 Å². The predicted octanol–water partition coefficient (Wildman–Crippen LogP) is 7.86. The first kappa shape index (κ1) is 106. The van der Waals surface area contributed by atoms with Crippen molar-refractivity contribution in [3.05, 3.63) is 156 Å². The number of hydrogen-bond donors (Lipinski definition) is 1. The zero-order valence-corrected chi connectivity index (χ0v) is 74.9. The Labute approximate surface area is 729 Å². The average molecular weight is 1710 g/mol. The van der Waals surface area contributed by atoms with E-state index < -0.39 is 26.9 Å². The van der Waals surface area contributed by atoms with Crippen LogP contribution in [0.2, 0.25) is 0 Å². The molecule has 666 valence electrons. The number of nitrogens with zero attached hydrogens (tertiary/aromatic N) is 2. The summed E-state index contributed by atoms with van der Waals surface area (Å²) in [4.78, 5) is 25.2. The van der Waals surface area contributed by atoms with Crippen molar-refractivity contribution in [1.29, 1.82) is 0 Å². The van der Waals surface area contributed by atoms with E-state index in [0.29, 0.717) is 287 Å². The van der Waals surface area contributed by atoms with Gasteiger partial charge in [-0.15, -0.1) is 13.2 Å².